The summed E-state index contributed by atoms with van der Waals surface area (Å²) in [6.45, 7) is 2.80. The van der Waals surface area contributed by atoms with Gasteiger partial charge < -0.3 is 14.9 Å². The van der Waals surface area contributed by atoms with Crippen LogP contribution in [0.2, 0.25) is 0 Å². The number of aliphatic carboxylic acids is 1. The summed E-state index contributed by atoms with van der Waals surface area (Å²) in [5.74, 6) is 4.65. The fourth-order valence-corrected chi connectivity index (χ4v) is 3.34. The minimum atomic E-state index is -0.984. The van der Waals surface area contributed by atoms with Gasteiger partial charge in [0.1, 0.15) is 11.4 Å². The first-order valence-electron chi connectivity index (χ1n) is 11.7. The summed E-state index contributed by atoms with van der Waals surface area (Å²) in [7, 11) is 0. The first-order valence-corrected chi connectivity index (χ1v) is 11.7. The first kappa shape index (κ1) is 25.9. The molecule has 176 valence electrons. The lowest BCUT2D eigenvalue weighted by Crippen LogP contribution is -2.05. The molecule has 0 atom stereocenters. The van der Waals surface area contributed by atoms with Gasteiger partial charge in [-0.25, -0.2) is 9.78 Å². The van der Waals surface area contributed by atoms with Crippen LogP contribution >= 0.6 is 0 Å². The highest BCUT2D eigenvalue weighted by Gasteiger charge is 2.09. The molecule has 0 radical (unpaired) electrons. The number of carboxylic acids is 2. The van der Waals surface area contributed by atoms with Crippen molar-refractivity contribution in [3.05, 3.63) is 58.9 Å². The fourth-order valence-electron chi connectivity index (χ4n) is 3.34. The van der Waals surface area contributed by atoms with Gasteiger partial charge in [0, 0.05) is 12.0 Å². The second-order valence-corrected chi connectivity index (χ2v) is 7.99. The number of aryl methyl sites for hydroxylation is 1. The maximum atomic E-state index is 11.0. The highest BCUT2D eigenvalue weighted by Crippen LogP contribution is 2.20. The summed E-state index contributed by atoms with van der Waals surface area (Å²) in [6, 6.07) is 9.84. The zero-order valence-corrected chi connectivity index (χ0v) is 19.3. The third-order valence-corrected chi connectivity index (χ3v) is 5.23. The largest absolute Gasteiger partial charge is 0.492 e. The molecule has 2 rings (SSSR count). The van der Waals surface area contributed by atoms with Crippen molar-refractivity contribution in [3.8, 4) is 17.6 Å². The summed E-state index contributed by atoms with van der Waals surface area (Å²) >= 11 is 0. The molecule has 0 spiro atoms. The molecule has 0 bridgehead atoms. The molecule has 0 aliphatic carbocycles. The number of carboxylic acid groups (broad SMARTS) is 2. The van der Waals surface area contributed by atoms with Crippen LogP contribution in [0.4, 0.5) is 0 Å². The minimum Gasteiger partial charge on any atom is -0.492 e. The maximum Gasteiger partial charge on any atom is 0.335 e. The lowest BCUT2D eigenvalue weighted by atomic mass is 10.1. The van der Waals surface area contributed by atoms with Gasteiger partial charge in [0.25, 0.3) is 0 Å². The summed E-state index contributed by atoms with van der Waals surface area (Å²) in [4.78, 5) is 26.5. The molecule has 0 amide bonds. The molecule has 0 unspecified atom stereocenters. The van der Waals surface area contributed by atoms with E-state index in [-0.39, 0.29) is 18.4 Å². The highest BCUT2D eigenvalue weighted by atomic mass is 16.5. The highest BCUT2D eigenvalue weighted by molar-refractivity contribution is 5.87. The van der Waals surface area contributed by atoms with Crippen molar-refractivity contribution >= 4 is 11.9 Å². The van der Waals surface area contributed by atoms with Gasteiger partial charge in [-0.1, -0.05) is 57.8 Å². The van der Waals surface area contributed by atoms with Gasteiger partial charge in [0.2, 0.25) is 0 Å². The van der Waals surface area contributed by atoms with Crippen molar-refractivity contribution in [2.45, 2.75) is 71.1 Å². The molecule has 1 aromatic heterocycles. The molecular formula is C27H33NO5. The van der Waals surface area contributed by atoms with Crippen LogP contribution in [0.15, 0.2) is 36.4 Å². The van der Waals surface area contributed by atoms with Crippen molar-refractivity contribution < 1.29 is 24.5 Å². The SMILES string of the molecule is CCCCCCCCCCOc1ccc(C#Cc2ccc(C(=O)O)cc2)nc1CCC(=O)O. The van der Waals surface area contributed by atoms with Crippen molar-refractivity contribution in [3.63, 3.8) is 0 Å². The number of ether oxygens (including phenoxy) is 1. The van der Waals surface area contributed by atoms with Crippen LogP contribution in [-0.4, -0.2) is 33.7 Å². The van der Waals surface area contributed by atoms with E-state index in [0.29, 0.717) is 29.3 Å². The van der Waals surface area contributed by atoms with Crippen LogP contribution < -0.4 is 4.74 Å². The quantitative estimate of drug-likeness (QED) is 0.282. The molecule has 6 heteroatoms. The van der Waals surface area contributed by atoms with Crippen molar-refractivity contribution in [2.24, 2.45) is 0 Å². The lowest BCUT2D eigenvalue weighted by molar-refractivity contribution is -0.136. The Kier molecular flexibility index (Phi) is 11.5. The number of pyridine rings is 1. The zero-order valence-electron chi connectivity index (χ0n) is 19.3. The molecule has 0 aliphatic heterocycles. The van der Waals surface area contributed by atoms with Crippen LogP contribution in [0.3, 0.4) is 0 Å². The topological polar surface area (TPSA) is 96.7 Å². The Morgan fingerprint density at radius 1 is 0.879 bits per heavy atom. The van der Waals surface area contributed by atoms with Crippen molar-refractivity contribution in [1.29, 1.82) is 0 Å². The monoisotopic (exact) mass is 451 g/mol. The van der Waals surface area contributed by atoms with Gasteiger partial charge in [-0.3, -0.25) is 4.79 Å². The number of hydrogen-bond acceptors (Lipinski definition) is 4. The third kappa shape index (κ3) is 10.2. The average Bonchev–Trinajstić information content (AvgIpc) is 2.81. The molecule has 0 aliphatic rings. The van der Waals surface area contributed by atoms with Crippen molar-refractivity contribution in [2.75, 3.05) is 6.61 Å². The average molecular weight is 452 g/mol. The lowest BCUT2D eigenvalue weighted by Gasteiger charge is -2.11. The Bertz CT molecular complexity index is 957. The molecule has 0 saturated heterocycles. The van der Waals surface area contributed by atoms with E-state index in [1.807, 2.05) is 0 Å². The molecule has 1 aromatic carbocycles. The molecule has 1 heterocycles. The van der Waals surface area contributed by atoms with Gasteiger partial charge in [0.15, 0.2) is 0 Å². The number of carbonyl (C=O) groups is 2. The third-order valence-electron chi connectivity index (χ3n) is 5.23. The number of aromatic carboxylic acids is 1. The molecule has 2 N–H and O–H groups in total. The number of aromatic nitrogens is 1. The van der Waals surface area contributed by atoms with Gasteiger partial charge in [0.05, 0.1) is 24.3 Å². The van der Waals surface area contributed by atoms with E-state index in [1.54, 1.807) is 24.3 Å². The minimum absolute atomic E-state index is 0.0331. The van der Waals surface area contributed by atoms with Crippen LogP contribution in [0.5, 0.6) is 5.75 Å². The molecule has 0 saturated carbocycles. The summed E-state index contributed by atoms with van der Waals surface area (Å²) in [5.41, 5.74) is 1.97. The van der Waals surface area contributed by atoms with E-state index in [2.05, 4.69) is 23.7 Å². The second kappa shape index (κ2) is 14.7. The standard InChI is InChI=1S/C27H33NO5/c1-2-3-4-5-6-7-8-9-20-33-25-18-16-23(28-24(25)17-19-26(29)30)15-12-21-10-13-22(14-11-21)27(31)32/h10-11,13-14,16,18H,2-9,17,19-20H2,1H3,(H,29,30)(H,31,32). The van der Waals surface area contributed by atoms with E-state index in [0.717, 1.165) is 12.8 Å². The van der Waals surface area contributed by atoms with Gasteiger partial charge in [-0.2, -0.15) is 0 Å². The number of hydrogen-bond donors (Lipinski definition) is 2. The Balaban J connectivity index is 1.95. The number of benzene rings is 1. The van der Waals surface area contributed by atoms with Crippen LogP contribution in [0.1, 0.15) is 92.0 Å². The smallest absolute Gasteiger partial charge is 0.335 e. The summed E-state index contributed by atoms with van der Waals surface area (Å²) in [5, 5.41) is 18.0. The van der Waals surface area contributed by atoms with Gasteiger partial charge in [-0.15, -0.1) is 0 Å². The normalized spacial score (nSPS) is 10.3. The van der Waals surface area contributed by atoms with E-state index in [4.69, 9.17) is 14.9 Å². The van der Waals surface area contributed by atoms with E-state index < -0.39 is 11.9 Å². The summed E-state index contributed by atoms with van der Waals surface area (Å²) in [6.07, 6.45) is 9.96. The maximum absolute atomic E-state index is 11.0. The van der Waals surface area contributed by atoms with Crippen LogP contribution in [-0.2, 0) is 11.2 Å². The Morgan fingerprint density at radius 2 is 1.55 bits per heavy atom. The Morgan fingerprint density at radius 3 is 2.18 bits per heavy atom. The van der Waals surface area contributed by atoms with E-state index in [1.165, 1.54) is 50.7 Å². The Labute approximate surface area is 196 Å². The second-order valence-electron chi connectivity index (χ2n) is 7.99. The molecule has 2 aromatic rings. The molecular weight excluding hydrogens is 418 g/mol. The van der Waals surface area contributed by atoms with Crippen molar-refractivity contribution in [1.82, 2.24) is 4.98 Å². The van der Waals surface area contributed by atoms with Gasteiger partial charge >= 0.3 is 11.9 Å². The molecule has 33 heavy (non-hydrogen) atoms. The van der Waals surface area contributed by atoms with Crippen LogP contribution in [0.25, 0.3) is 0 Å². The number of nitrogens with zero attached hydrogens (tertiary/aromatic N) is 1. The predicted octanol–water partition coefficient (Wildman–Crippen LogP) is 5.72. The van der Waals surface area contributed by atoms with Gasteiger partial charge in [-0.05, 0) is 48.7 Å². The fraction of sp³-hybridized carbons (Fsp3) is 0.444. The number of rotatable bonds is 14. The molecule has 0 fully saturated rings. The van der Waals surface area contributed by atoms with E-state index in [9.17, 15) is 9.59 Å². The van der Waals surface area contributed by atoms with Crippen LogP contribution in [0, 0.1) is 11.8 Å². The Hall–Kier alpha value is -3.33. The number of unbranched alkanes of at least 4 members (excludes halogenated alkanes) is 7. The van der Waals surface area contributed by atoms with E-state index >= 15 is 0 Å². The molecule has 6 nitrogen and oxygen atoms in total. The predicted molar refractivity (Wildman–Crippen MR) is 128 cm³/mol. The summed E-state index contributed by atoms with van der Waals surface area (Å²) < 4.78 is 5.91. The zero-order chi connectivity index (χ0) is 23.9. The first-order chi connectivity index (χ1) is 16.0.